The van der Waals surface area contributed by atoms with Crippen LogP contribution in [0, 0.1) is 9.52 Å². The molecule has 0 saturated heterocycles. The maximum absolute atomic E-state index is 13.0. The largest absolute Gasteiger partial charge is 0.481 e. The molecule has 0 amide bonds. The van der Waals surface area contributed by atoms with Gasteiger partial charge < -0.3 is 5.11 Å². The van der Waals surface area contributed by atoms with Gasteiger partial charge in [0.15, 0.2) is 0 Å². The first kappa shape index (κ1) is 12.2. The molecule has 0 aromatic carbocycles. The number of halogens is 4. The van der Waals surface area contributed by atoms with Gasteiger partial charge in [-0.3, -0.25) is 4.79 Å². The van der Waals surface area contributed by atoms with Crippen LogP contribution in [0.5, 0.6) is 0 Å². The third-order valence-electron chi connectivity index (χ3n) is 1.67. The van der Waals surface area contributed by atoms with Gasteiger partial charge in [-0.2, -0.15) is 4.39 Å². The summed E-state index contributed by atoms with van der Waals surface area (Å²) in [5, 5.41) is 8.45. The fourth-order valence-corrected chi connectivity index (χ4v) is 1.77. The van der Waals surface area contributed by atoms with Crippen molar-refractivity contribution < 1.29 is 23.1 Å². The van der Waals surface area contributed by atoms with Crippen molar-refractivity contribution in [1.82, 2.24) is 4.98 Å². The highest BCUT2D eigenvalue weighted by molar-refractivity contribution is 14.1. The Morgan fingerprint density at radius 3 is 2.67 bits per heavy atom. The number of aromatic nitrogens is 1. The van der Waals surface area contributed by atoms with Crippen LogP contribution in [-0.2, 0) is 11.2 Å². The summed E-state index contributed by atoms with van der Waals surface area (Å²) in [7, 11) is 0. The van der Waals surface area contributed by atoms with Crippen molar-refractivity contribution in [3.63, 3.8) is 0 Å². The van der Waals surface area contributed by atoms with E-state index in [0.717, 1.165) is 6.20 Å². The molecule has 1 aromatic heterocycles. The van der Waals surface area contributed by atoms with E-state index in [1.54, 1.807) is 22.6 Å². The summed E-state index contributed by atoms with van der Waals surface area (Å²) >= 11 is 1.56. The number of carbonyl (C=O) groups is 1. The van der Waals surface area contributed by atoms with E-state index in [1.165, 1.54) is 0 Å². The van der Waals surface area contributed by atoms with Crippen LogP contribution in [-0.4, -0.2) is 16.1 Å². The highest BCUT2D eigenvalue weighted by Gasteiger charge is 2.22. The number of pyridine rings is 1. The zero-order chi connectivity index (χ0) is 11.6. The smallest absolute Gasteiger partial charge is 0.308 e. The Morgan fingerprint density at radius 2 is 2.20 bits per heavy atom. The van der Waals surface area contributed by atoms with Crippen molar-refractivity contribution in [3.8, 4) is 0 Å². The number of hydrogen-bond donors (Lipinski definition) is 1. The Morgan fingerprint density at radius 1 is 1.60 bits per heavy atom. The lowest BCUT2D eigenvalue weighted by molar-refractivity contribution is -0.136. The fourth-order valence-electron chi connectivity index (χ4n) is 1.07. The maximum atomic E-state index is 13.0. The highest BCUT2D eigenvalue weighted by atomic mass is 127. The Balaban J connectivity index is 3.31. The molecule has 0 bridgehead atoms. The van der Waals surface area contributed by atoms with Crippen molar-refractivity contribution in [2.45, 2.75) is 12.8 Å². The number of alkyl halides is 2. The molecule has 82 valence electrons. The molecular formula is C8H5F3INO2. The van der Waals surface area contributed by atoms with Gasteiger partial charge in [-0.05, 0) is 22.6 Å². The average molecular weight is 331 g/mol. The van der Waals surface area contributed by atoms with Crippen LogP contribution in [0.3, 0.4) is 0 Å². The minimum Gasteiger partial charge on any atom is -0.481 e. The predicted molar refractivity (Wildman–Crippen MR) is 53.2 cm³/mol. The second-order valence-corrected chi connectivity index (χ2v) is 3.82. The zero-order valence-corrected chi connectivity index (χ0v) is 9.33. The van der Waals surface area contributed by atoms with Crippen LogP contribution in [0.1, 0.15) is 17.6 Å². The average Bonchev–Trinajstić information content (AvgIpc) is 2.10. The minimum absolute atomic E-state index is 0.0558. The van der Waals surface area contributed by atoms with Crippen molar-refractivity contribution in [2.24, 2.45) is 0 Å². The molecule has 1 heterocycles. The van der Waals surface area contributed by atoms with E-state index < -0.39 is 35.9 Å². The summed E-state index contributed by atoms with van der Waals surface area (Å²) in [5.74, 6) is -2.53. The molecule has 0 atom stereocenters. The quantitative estimate of drug-likeness (QED) is 0.684. The summed E-state index contributed by atoms with van der Waals surface area (Å²) in [5.41, 5.74) is -1.14. The molecule has 0 unspecified atom stereocenters. The fraction of sp³-hybridized carbons (Fsp3) is 0.250. The van der Waals surface area contributed by atoms with Gasteiger partial charge in [0.25, 0.3) is 6.43 Å². The van der Waals surface area contributed by atoms with E-state index in [9.17, 15) is 18.0 Å². The first-order chi connectivity index (χ1) is 6.93. The van der Waals surface area contributed by atoms with Crippen LogP contribution in [0.2, 0.25) is 0 Å². The van der Waals surface area contributed by atoms with Gasteiger partial charge in [-0.15, -0.1) is 0 Å². The molecule has 7 heteroatoms. The highest BCUT2D eigenvalue weighted by Crippen LogP contribution is 2.29. The molecule has 0 aliphatic carbocycles. The van der Waals surface area contributed by atoms with Crippen molar-refractivity contribution >= 4 is 28.6 Å². The van der Waals surface area contributed by atoms with E-state index in [2.05, 4.69) is 4.98 Å². The van der Waals surface area contributed by atoms with Gasteiger partial charge in [0.1, 0.15) is 0 Å². The zero-order valence-electron chi connectivity index (χ0n) is 7.18. The van der Waals surface area contributed by atoms with E-state index in [0.29, 0.717) is 0 Å². The lowest BCUT2D eigenvalue weighted by Gasteiger charge is -2.09. The first-order valence-electron chi connectivity index (χ1n) is 3.76. The topological polar surface area (TPSA) is 50.2 Å². The maximum Gasteiger partial charge on any atom is 0.308 e. The first-order valence-corrected chi connectivity index (χ1v) is 4.84. The standard InChI is InChI=1S/C8H5F3INO2/c9-7(10)6-3(1-5(14)15)8(11)13-2-4(6)12/h2,7H,1H2,(H,14,15). The van der Waals surface area contributed by atoms with Crippen LogP contribution < -0.4 is 0 Å². The third kappa shape index (κ3) is 2.80. The van der Waals surface area contributed by atoms with Crippen LogP contribution >= 0.6 is 22.6 Å². The Bertz CT molecular complexity index is 398. The molecule has 15 heavy (non-hydrogen) atoms. The van der Waals surface area contributed by atoms with Gasteiger partial charge >= 0.3 is 5.97 Å². The van der Waals surface area contributed by atoms with Gasteiger partial charge in [0.05, 0.1) is 6.42 Å². The summed E-state index contributed by atoms with van der Waals surface area (Å²) in [6.07, 6.45) is -2.76. The van der Waals surface area contributed by atoms with E-state index in [-0.39, 0.29) is 3.57 Å². The number of hydrogen-bond acceptors (Lipinski definition) is 2. The molecule has 0 spiro atoms. The third-order valence-corrected chi connectivity index (χ3v) is 2.53. The Labute approximate surface area is 96.5 Å². The number of nitrogens with zero attached hydrogens (tertiary/aromatic N) is 1. The van der Waals surface area contributed by atoms with Crippen molar-refractivity contribution in [3.05, 3.63) is 26.8 Å². The molecule has 0 aliphatic heterocycles. The minimum atomic E-state index is -2.91. The van der Waals surface area contributed by atoms with Gasteiger partial charge in [0.2, 0.25) is 5.95 Å². The van der Waals surface area contributed by atoms with E-state index in [4.69, 9.17) is 5.11 Å². The molecule has 3 nitrogen and oxygen atoms in total. The van der Waals surface area contributed by atoms with Gasteiger partial charge in [-0.25, -0.2) is 13.8 Å². The molecule has 1 N–H and O–H groups in total. The molecule has 1 rings (SSSR count). The monoisotopic (exact) mass is 331 g/mol. The van der Waals surface area contributed by atoms with Crippen LogP contribution in [0.25, 0.3) is 0 Å². The number of rotatable bonds is 3. The van der Waals surface area contributed by atoms with Gasteiger partial charge in [0, 0.05) is 20.9 Å². The summed E-state index contributed by atoms with van der Waals surface area (Å²) in [6, 6.07) is 0. The molecular weight excluding hydrogens is 326 g/mol. The second kappa shape index (κ2) is 4.77. The molecule has 0 fully saturated rings. The van der Waals surface area contributed by atoms with E-state index in [1.807, 2.05) is 0 Å². The second-order valence-electron chi connectivity index (χ2n) is 2.66. The van der Waals surface area contributed by atoms with Crippen LogP contribution in [0.15, 0.2) is 6.20 Å². The molecule has 0 aliphatic rings. The van der Waals surface area contributed by atoms with E-state index >= 15 is 0 Å². The van der Waals surface area contributed by atoms with Gasteiger partial charge in [-0.1, -0.05) is 0 Å². The lowest BCUT2D eigenvalue weighted by Crippen LogP contribution is -2.09. The SMILES string of the molecule is O=C(O)Cc1c(F)ncc(I)c1C(F)F. The summed E-state index contributed by atoms with van der Waals surface area (Å²) < 4.78 is 38.1. The number of carboxylic acid groups (broad SMARTS) is 1. The lowest BCUT2D eigenvalue weighted by atomic mass is 10.1. The predicted octanol–water partition coefficient (Wildman–Crippen LogP) is 2.39. The Kier molecular flexibility index (Phi) is 3.89. The van der Waals surface area contributed by atoms with Crippen molar-refractivity contribution in [2.75, 3.05) is 0 Å². The molecule has 0 saturated carbocycles. The molecule has 1 aromatic rings. The number of carboxylic acids is 1. The Hall–Kier alpha value is -0.860. The molecule has 0 radical (unpaired) electrons. The van der Waals surface area contributed by atoms with Crippen LogP contribution in [0.4, 0.5) is 13.2 Å². The normalized spacial score (nSPS) is 10.7. The summed E-state index contributed by atoms with van der Waals surface area (Å²) in [4.78, 5) is 13.6. The van der Waals surface area contributed by atoms with Crippen molar-refractivity contribution in [1.29, 1.82) is 0 Å². The number of aliphatic carboxylic acids is 1. The summed E-state index contributed by atoms with van der Waals surface area (Å²) in [6.45, 7) is 0.